The van der Waals surface area contributed by atoms with Crippen molar-refractivity contribution in [1.82, 2.24) is 39.9 Å². The zero-order valence-corrected chi connectivity index (χ0v) is 60.7. The smallest absolute Gasteiger partial charge is 0.330 e. The largest absolute Gasteiger partial charge is 0.380 e. The maximum absolute atomic E-state index is 16.1. The number of aryl methyl sites for hydroxylation is 2. The molecule has 0 saturated heterocycles. The predicted molar refractivity (Wildman–Crippen MR) is 387 cm³/mol. The Balaban J connectivity index is 0.000000203. The molecule has 0 amide bonds. The van der Waals surface area contributed by atoms with Gasteiger partial charge in [-0.25, -0.2) is 125 Å². The van der Waals surface area contributed by atoms with Crippen LogP contribution in [0.15, 0.2) is 48.5 Å². The molecule has 0 unspecified atom stereocenters. The fourth-order valence-electron chi connectivity index (χ4n) is 13.5. The van der Waals surface area contributed by atoms with Gasteiger partial charge in [0.25, 0.3) is 0 Å². The molecule has 4 aliphatic rings. The van der Waals surface area contributed by atoms with Gasteiger partial charge in [-0.05, 0) is 149 Å². The highest BCUT2D eigenvalue weighted by molar-refractivity contribution is 7.53. The van der Waals surface area contributed by atoms with E-state index in [1.165, 1.54) is 0 Å². The molecule has 10 heterocycles. The van der Waals surface area contributed by atoms with Crippen LogP contribution in [-0.4, -0.2) is 65.8 Å². The van der Waals surface area contributed by atoms with Gasteiger partial charge < -0.3 is 34.3 Å². The Bertz CT molecular complexity index is 6000. The van der Waals surface area contributed by atoms with Crippen LogP contribution in [0.1, 0.15) is 82.5 Å². The van der Waals surface area contributed by atoms with Crippen molar-refractivity contribution in [3.8, 4) is 55.6 Å². The van der Waals surface area contributed by atoms with E-state index in [9.17, 15) is 57.3 Å². The van der Waals surface area contributed by atoms with Crippen LogP contribution >= 0.6 is 7.60 Å². The molecule has 0 radical (unpaired) electrons. The first-order valence-electron chi connectivity index (χ1n) is 34.3. The molecule has 16 bridgehead atoms. The van der Waals surface area contributed by atoms with Crippen molar-refractivity contribution in [2.45, 2.75) is 41.0 Å². The van der Waals surface area contributed by atoms with Crippen molar-refractivity contribution in [2.75, 3.05) is 31.2 Å². The highest BCUT2D eigenvalue weighted by Gasteiger charge is 2.37. The number of benzene rings is 5. The van der Waals surface area contributed by atoms with Crippen LogP contribution < -0.4 is 5.32 Å². The number of halogens is 24. The summed E-state index contributed by atoms with van der Waals surface area (Å²) < 4.78 is 390. The molecule has 5 aromatic carbocycles. The summed E-state index contributed by atoms with van der Waals surface area (Å²) in [4.78, 5) is 28.3. The summed E-state index contributed by atoms with van der Waals surface area (Å²) in [6, 6.07) is 9.16. The molecule has 602 valence electrons. The number of nitrogens with zero attached hydrogens (tertiary/aromatic N) is 4. The standard InChI is InChI=1S/C44H10F20N4.C36H36F4N5O3P/c45-25-21(26(46)34(54)41(61)33(25)53)17-9-1-2-10(65-9)18(22-27(47)35(55)42(62)36(56)28(22)48)12-5-6-14(67-12)20(24-31(51)39(59)44(64)40(60)32(24)52)16-8-7-15(68-16)19(13-4-3-11(17)66-13)23-29(49)37(57)43(63)38(58)30(23)50;1-6-47-49(46,48-7-2)18-8-17-41-36-34(39)32(37)31(33(38)35(36)40)30-28-15-13-26(44-28)20(4)24-11-9-22(42-24)19(3)23-10-12-25(43-23)21(5)27-14-16-29(30)45-27/h1-8,65,68H;9-16,41,44-45H,6-8,17-18H2,1-5H3. The second-order valence-corrected chi connectivity index (χ2v) is 28.2. The number of anilines is 1. The number of nitrogens with one attached hydrogen (secondary N) is 5. The number of fused-ring (bicyclic) bond motifs is 16. The van der Waals surface area contributed by atoms with E-state index in [4.69, 9.17) is 19.0 Å². The first-order chi connectivity index (χ1) is 55.5. The minimum Gasteiger partial charge on any atom is -0.380 e. The lowest BCUT2D eigenvalue weighted by Crippen LogP contribution is -2.12. The normalized spacial score (nSPS) is 12.5. The summed E-state index contributed by atoms with van der Waals surface area (Å²) >= 11 is 0. The molecular weight excluding hydrogens is 1620 g/mol. The van der Waals surface area contributed by atoms with Crippen molar-refractivity contribution in [1.29, 1.82) is 0 Å². The monoisotopic (exact) mass is 1670 g/mol. The van der Waals surface area contributed by atoms with Crippen LogP contribution in [0.25, 0.3) is 148 Å². The molecule has 117 heavy (non-hydrogen) atoms. The second-order valence-electron chi connectivity index (χ2n) is 26.0. The van der Waals surface area contributed by atoms with E-state index in [1.54, 1.807) is 38.1 Å². The predicted octanol–water partition coefficient (Wildman–Crippen LogP) is 24.0. The molecule has 5 N–H and O–H groups in total. The van der Waals surface area contributed by atoms with Gasteiger partial charge in [0.1, 0.15) is 5.69 Å². The minimum absolute atomic E-state index is 0.0515. The van der Waals surface area contributed by atoms with Crippen LogP contribution in [0, 0.1) is 160 Å². The second kappa shape index (κ2) is 31.0. The topological polar surface area (TPSA) is 162 Å². The van der Waals surface area contributed by atoms with E-state index in [2.05, 4.69) is 35.2 Å². The Morgan fingerprint density at radius 2 is 0.479 bits per heavy atom. The van der Waals surface area contributed by atoms with Crippen molar-refractivity contribution >= 4 is 106 Å². The Morgan fingerprint density at radius 1 is 0.274 bits per heavy atom. The van der Waals surface area contributed by atoms with Crippen molar-refractivity contribution in [3.05, 3.63) is 250 Å². The summed E-state index contributed by atoms with van der Waals surface area (Å²) in [7, 11) is -3.42. The number of hydrogen-bond donors (Lipinski definition) is 5. The van der Waals surface area contributed by atoms with Crippen LogP contribution in [0.5, 0.6) is 0 Å². The number of H-pyrrole nitrogens is 4. The van der Waals surface area contributed by atoms with Gasteiger partial charge in [-0.3, -0.25) is 4.57 Å². The molecule has 0 spiro atoms. The fraction of sp³-hybridized carbons (Fsp3) is 0.125. The van der Waals surface area contributed by atoms with Gasteiger partial charge in [0, 0.05) is 84.1 Å². The van der Waals surface area contributed by atoms with E-state index < -0.39 is 248 Å². The highest BCUT2D eigenvalue weighted by Crippen LogP contribution is 2.50. The third-order valence-corrected chi connectivity index (χ3v) is 21.4. The Hall–Kier alpha value is -12.4. The van der Waals surface area contributed by atoms with Gasteiger partial charge in [-0.15, -0.1) is 0 Å². The van der Waals surface area contributed by atoms with E-state index in [0.717, 1.165) is 28.1 Å². The number of aromatic amines is 4. The Labute approximate surface area is 640 Å². The van der Waals surface area contributed by atoms with E-state index in [-0.39, 0.29) is 48.9 Å². The molecule has 12 nitrogen and oxygen atoms in total. The lowest BCUT2D eigenvalue weighted by molar-refractivity contribution is 0.220. The molecular formula is C80H46F24N9O3P. The van der Waals surface area contributed by atoms with Gasteiger partial charge in [-0.2, -0.15) is 0 Å². The summed E-state index contributed by atoms with van der Waals surface area (Å²) in [5, 5.41) is 2.44. The van der Waals surface area contributed by atoms with Crippen LogP contribution in [-0.2, 0) is 13.6 Å². The molecule has 0 fully saturated rings. The first kappa shape index (κ1) is 81.1. The average Bonchev–Trinajstić information content (AvgIpc) is 1.64. The zero-order valence-electron chi connectivity index (χ0n) is 59.8. The summed E-state index contributed by atoms with van der Waals surface area (Å²) in [5.41, 5.74) is -15.5. The van der Waals surface area contributed by atoms with Crippen molar-refractivity contribution in [3.63, 3.8) is 0 Å². The van der Waals surface area contributed by atoms with Gasteiger partial charge >= 0.3 is 7.60 Å². The van der Waals surface area contributed by atoms with Gasteiger partial charge in [-0.1, -0.05) is 0 Å². The summed E-state index contributed by atoms with van der Waals surface area (Å²) in [5.74, 6) is -59.0. The van der Waals surface area contributed by atoms with Crippen molar-refractivity contribution in [2.24, 2.45) is 0 Å². The van der Waals surface area contributed by atoms with E-state index >= 15 is 52.7 Å². The Kier molecular flexibility index (Phi) is 21.5. The van der Waals surface area contributed by atoms with Gasteiger partial charge in [0.2, 0.25) is 23.3 Å². The van der Waals surface area contributed by atoms with Crippen LogP contribution in [0.3, 0.4) is 0 Å². The third-order valence-electron chi connectivity index (χ3n) is 19.2. The molecule has 15 rings (SSSR count). The maximum Gasteiger partial charge on any atom is 0.330 e. The number of aromatic nitrogens is 8. The number of rotatable bonds is 14. The highest BCUT2D eigenvalue weighted by atomic mass is 31.2. The molecule has 0 saturated carbocycles. The van der Waals surface area contributed by atoms with Crippen LogP contribution in [0.4, 0.5) is 111 Å². The quantitative estimate of drug-likeness (QED) is 0.0236. The lowest BCUT2D eigenvalue weighted by Gasteiger charge is -2.18. The van der Waals surface area contributed by atoms with Crippen LogP contribution in [0.2, 0.25) is 0 Å². The fourth-order valence-corrected chi connectivity index (χ4v) is 15.2. The van der Waals surface area contributed by atoms with Crippen molar-refractivity contribution < 1.29 is 119 Å². The summed E-state index contributed by atoms with van der Waals surface area (Å²) in [6.45, 7) is 9.15. The van der Waals surface area contributed by atoms with E-state index in [1.807, 2.05) is 45.1 Å². The molecule has 11 aromatic rings. The van der Waals surface area contributed by atoms with Gasteiger partial charge in [0.05, 0.1) is 92.7 Å². The zero-order chi connectivity index (χ0) is 84.3. The minimum atomic E-state index is -3.42. The molecule has 0 aliphatic carbocycles. The SMILES string of the molecule is CCOP(=O)(CCCNc1c(F)c(F)c(-c2c3ccc([nH]3)c(C)c3nc(c(C)c4nc(c(C)c5ccc2[nH]5)C=C4)C=C3)c(F)c1F)OCC.Fc1c(F)c(F)c(-c2c3nc(c(-c4c(F)c(F)c(F)c(F)c4F)c4ccc([nH]4)c(-c4c(F)c(F)c(F)c(F)c4F)c4nc(c(-c5c(F)c(F)c(F)c(F)c5F)c5ccc2[nH]5)C=C4)C=C3)c(F)c1F. The first-order valence-corrected chi connectivity index (χ1v) is 36.0. The average molecular weight is 1670 g/mol. The summed E-state index contributed by atoms with van der Waals surface area (Å²) in [6.07, 6.45) is 9.99. The number of hydrogen-bond acceptors (Lipinski definition) is 8. The lowest BCUT2D eigenvalue weighted by atomic mass is 10.0. The van der Waals surface area contributed by atoms with E-state index in [0.29, 0.717) is 71.0 Å². The molecule has 6 aromatic heterocycles. The Morgan fingerprint density at radius 3 is 0.752 bits per heavy atom. The maximum atomic E-state index is 16.1. The molecule has 4 aliphatic heterocycles. The van der Waals surface area contributed by atoms with Gasteiger partial charge in [0.15, 0.2) is 116 Å². The third kappa shape index (κ3) is 13.7. The molecule has 0 atom stereocenters. The molecule has 37 heteroatoms.